The van der Waals surface area contributed by atoms with Crippen LogP contribution in [0.2, 0.25) is 0 Å². The maximum Gasteiger partial charge on any atom is 0.260 e. The highest BCUT2D eigenvalue weighted by molar-refractivity contribution is 7.93. The molecule has 2 fully saturated rings. The number of amides is 2. The summed E-state index contributed by atoms with van der Waals surface area (Å²) in [6.07, 6.45) is 5.57. The minimum Gasteiger partial charge on any atom is -0.484 e. The normalized spacial score (nSPS) is 21.5. The maximum absolute atomic E-state index is 13.1. The fraction of sp³-hybridized carbons (Fsp3) is 0.591. The molecule has 168 valence electrons. The molecule has 0 aromatic heterocycles. The molecular formula is C22H29N3O5S. The van der Waals surface area contributed by atoms with Crippen molar-refractivity contribution in [1.29, 1.82) is 5.26 Å². The summed E-state index contributed by atoms with van der Waals surface area (Å²) in [5, 5.41) is 8.71. The Morgan fingerprint density at radius 2 is 2.06 bits per heavy atom. The molecule has 0 aliphatic carbocycles. The Morgan fingerprint density at radius 1 is 1.29 bits per heavy atom. The molecule has 9 heteroatoms. The Kier molecular flexibility index (Phi) is 8.04. The van der Waals surface area contributed by atoms with Gasteiger partial charge in [0.1, 0.15) is 5.75 Å². The lowest BCUT2D eigenvalue weighted by Gasteiger charge is -2.32. The van der Waals surface area contributed by atoms with Crippen LogP contribution < -0.4 is 4.74 Å². The lowest BCUT2D eigenvalue weighted by atomic mass is 10.1. The van der Waals surface area contributed by atoms with Crippen molar-refractivity contribution in [1.82, 2.24) is 4.90 Å². The molecule has 2 heterocycles. The van der Waals surface area contributed by atoms with Crippen LogP contribution in [-0.4, -0.2) is 64.8 Å². The van der Waals surface area contributed by atoms with E-state index in [1.54, 1.807) is 35.4 Å². The lowest BCUT2D eigenvalue weighted by Crippen LogP contribution is -2.44. The van der Waals surface area contributed by atoms with Crippen LogP contribution in [0.1, 0.15) is 44.1 Å². The molecule has 2 aliphatic heterocycles. The van der Waals surface area contributed by atoms with Crippen molar-refractivity contribution >= 4 is 21.5 Å². The SMILES string of the molecule is CS(=O)(=NC(=O)CC1CCCCO1)C1CCN(C(=O)COc2cccc(C#N)c2)CC1. The van der Waals surface area contributed by atoms with E-state index in [2.05, 4.69) is 4.36 Å². The Hall–Kier alpha value is -2.44. The molecule has 1 aromatic rings. The van der Waals surface area contributed by atoms with Crippen LogP contribution in [0.4, 0.5) is 0 Å². The fourth-order valence-electron chi connectivity index (χ4n) is 3.91. The second kappa shape index (κ2) is 10.7. The number of likely N-dealkylation sites (tertiary alicyclic amines) is 1. The van der Waals surface area contributed by atoms with Crippen LogP contribution in [0.5, 0.6) is 5.75 Å². The highest BCUT2D eigenvalue weighted by Crippen LogP contribution is 2.21. The number of ether oxygens (including phenoxy) is 2. The van der Waals surface area contributed by atoms with Gasteiger partial charge in [-0.05, 0) is 50.3 Å². The van der Waals surface area contributed by atoms with E-state index in [0.717, 1.165) is 19.3 Å². The Bertz CT molecular complexity index is 950. The summed E-state index contributed by atoms with van der Waals surface area (Å²) >= 11 is 0. The zero-order chi connectivity index (χ0) is 22.3. The molecule has 2 amide bonds. The van der Waals surface area contributed by atoms with Gasteiger partial charge in [0.25, 0.3) is 11.8 Å². The zero-order valence-corrected chi connectivity index (χ0v) is 18.6. The minimum atomic E-state index is -2.68. The first-order valence-electron chi connectivity index (χ1n) is 10.6. The van der Waals surface area contributed by atoms with Crippen molar-refractivity contribution in [2.75, 3.05) is 32.6 Å². The molecule has 2 saturated heterocycles. The molecule has 2 unspecified atom stereocenters. The fourth-order valence-corrected chi connectivity index (χ4v) is 5.62. The van der Waals surface area contributed by atoms with E-state index in [-0.39, 0.29) is 36.2 Å². The van der Waals surface area contributed by atoms with Crippen molar-refractivity contribution in [2.24, 2.45) is 4.36 Å². The van der Waals surface area contributed by atoms with Crippen LogP contribution in [0.3, 0.4) is 0 Å². The van der Waals surface area contributed by atoms with Gasteiger partial charge in [0, 0.05) is 31.2 Å². The highest BCUT2D eigenvalue weighted by Gasteiger charge is 2.29. The van der Waals surface area contributed by atoms with Gasteiger partial charge in [-0.25, -0.2) is 4.21 Å². The van der Waals surface area contributed by atoms with Crippen LogP contribution >= 0.6 is 0 Å². The number of nitrogens with zero attached hydrogens (tertiary/aromatic N) is 3. The van der Waals surface area contributed by atoms with E-state index in [0.29, 0.717) is 43.9 Å². The second-order valence-electron chi connectivity index (χ2n) is 8.05. The number of hydrogen-bond acceptors (Lipinski definition) is 6. The summed E-state index contributed by atoms with van der Waals surface area (Å²) in [5.41, 5.74) is 0.469. The zero-order valence-electron chi connectivity index (χ0n) is 17.8. The number of carbonyl (C=O) groups is 2. The molecule has 1 aromatic carbocycles. The van der Waals surface area contributed by atoms with Crippen LogP contribution in [0.15, 0.2) is 28.6 Å². The summed E-state index contributed by atoms with van der Waals surface area (Å²) in [7, 11) is -2.68. The summed E-state index contributed by atoms with van der Waals surface area (Å²) in [5.74, 6) is -0.0464. The molecule has 0 saturated carbocycles. The van der Waals surface area contributed by atoms with E-state index < -0.39 is 9.73 Å². The molecule has 8 nitrogen and oxygen atoms in total. The van der Waals surface area contributed by atoms with Gasteiger partial charge < -0.3 is 14.4 Å². The van der Waals surface area contributed by atoms with Crippen molar-refractivity contribution in [3.8, 4) is 11.8 Å². The number of piperidine rings is 1. The predicted molar refractivity (Wildman–Crippen MR) is 116 cm³/mol. The van der Waals surface area contributed by atoms with Gasteiger partial charge in [-0.3, -0.25) is 9.59 Å². The Balaban J connectivity index is 1.48. The van der Waals surface area contributed by atoms with Crippen molar-refractivity contribution in [3.63, 3.8) is 0 Å². The average Bonchev–Trinajstić information content (AvgIpc) is 2.78. The number of rotatable bonds is 6. The van der Waals surface area contributed by atoms with E-state index in [4.69, 9.17) is 14.7 Å². The third-order valence-electron chi connectivity index (χ3n) is 5.70. The number of nitriles is 1. The number of benzene rings is 1. The third kappa shape index (κ3) is 6.77. The van der Waals surface area contributed by atoms with Crippen LogP contribution in [0.25, 0.3) is 0 Å². The first-order chi connectivity index (χ1) is 14.9. The average molecular weight is 448 g/mol. The Labute approximate surface area is 183 Å². The summed E-state index contributed by atoms with van der Waals surface area (Å²) in [4.78, 5) is 26.4. The molecule has 0 N–H and O–H groups in total. The number of hydrogen-bond donors (Lipinski definition) is 0. The predicted octanol–water partition coefficient (Wildman–Crippen LogP) is 2.51. The summed E-state index contributed by atoms with van der Waals surface area (Å²) in [6.45, 7) is 1.45. The van der Waals surface area contributed by atoms with Gasteiger partial charge in [-0.2, -0.15) is 9.62 Å². The molecule has 3 rings (SSSR count). The van der Waals surface area contributed by atoms with Gasteiger partial charge in [0.15, 0.2) is 6.61 Å². The lowest BCUT2D eigenvalue weighted by molar-refractivity contribution is -0.134. The van der Waals surface area contributed by atoms with Gasteiger partial charge in [0.05, 0.1) is 33.9 Å². The van der Waals surface area contributed by atoms with Gasteiger partial charge >= 0.3 is 0 Å². The van der Waals surface area contributed by atoms with E-state index in [1.807, 2.05) is 6.07 Å². The largest absolute Gasteiger partial charge is 0.484 e. The monoisotopic (exact) mass is 447 g/mol. The van der Waals surface area contributed by atoms with Gasteiger partial charge in [-0.1, -0.05) is 6.07 Å². The molecule has 2 aliphatic rings. The van der Waals surface area contributed by atoms with Crippen LogP contribution in [0, 0.1) is 11.3 Å². The third-order valence-corrected chi connectivity index (χ3v) is 7.97. The first-order valence-corrected chi connectivity index (χ1v) is 12.6. The maximum atomic E-state index is 13.1. The standard InChI is InChI=1S/C22H29N3O5S/c1-31(28,24-21(26)14-19-6-2-3-12-29-19)20-8-10-25(11-9-20)22(27)16-30-18-7-4-5-17(13-18)15-23/h4-5,7,13,19-20H,2-3,6,8-12,14,16H2,1H3. The molecule has 0 spiro atoms. The molecule has 31 heavy (non-hydrogen) atoms. The second-order valence-corrected chi connectivity index (χ2v) is 10.6. The smallest absolute Gasteiger partial charge is 0.260 e. The van der Waals surface area contributed by atoms with Crippen LogP contribution in [-0.2, 0) is 24.1 Å². The van der Waals surface area contributed by atoms with Gasteiger partial charge in [0.2, 0.25) is 0 Å². The molecule has 0 radical (unpaired) electrons. The highest BCUT2D eigenvalue weighted by atomic mass is 32.2. The van der Waals surface area contributed by atoms with Crippen molar-refractivity contribution < 1.29 is 23.3 Å². The first kappa shape index (κ1) is 23.2. The quantitative estimate of drug-likeness (QED) is 0.663. The van der Waals surface area contributed by atoms with Crippen molar-refractivity contribution in [3.05, 3.63) is 29.8 Å². The Morgan fingerprint density at radius 3 is 2.74 bits per heavy atom. The van der Waals surface area contributed by atoms with Gasteiger partial charge in [-0.15, -0.1) is 0 Å². The topological polar surface area (TPSA) is 109 Å². The number of carbonyl (C=O) groups excluding carboxylic acids is 2. The molecule has 2 atom stereocenters. The summed E-state index contributed by atoms with van der Waals surface area (Å²) < 4.78 is 28.2. The molecular weight excluding hydrogens is 418 g/mol. The summed E-state index contributed by atoms with van der Waals surface area (Å²) in [6, 6.07) is 8.68. The van der Waals surface area contributed by atoms with Crippen molar-refractivity contribution in [2.45, 2.75) is 49.9 Å². The van der Waals surface area contributed by atoms with E-state index in [1.165, 1.54) is 0 Å². The van der Waals surface area contributed by atoms with E-state index in [9.17, 15) is 13.8 Å². The molecule has 0 bridgehead atoms. The minimum absolute atomic E-state index is 0.117. The van der Waals surface area contributed by atoms with E-state index >= 15 is 0 Å².